The van der Waals surface area contributed by atoms with E-state index in [2.05, 4.69) is 22.0 Å². The molecule has 4 rings (SSSR count). The molecule has 1 aliphatic rings. The lowest BCUT2D eigenvalue weighted by atomic mass is 10.1. The van der Waals surface area contributed by atoms with Crippen LogP contribution in [0.1, 0.15) is 5.69 Å². The van der Waals surface area contributed by atoms with Crippen LogP contribution in [0.3, 0.4) is 0 Å². The van der Waals surface area contributed by atoms with Gasteiger partial charge in [-0.25, -0.2) is 0 Å². The fourth-order valence-electron chi connectivity index (χ4n) is 3.64. The van der Waals surface area contributed by atoms with Crippen LogP contribution in [-0.4, -0.2) is 36.1 Å². The highest BCUT2D eigenvalue weighted by Crippen LogP contribution is 2.33. The maximum atomic E-state index is 11.4. The van der Waals surface area contributed by atoms with Crippen molar-refractivity contribution >= 4 is 39.6 Å². The maximum Gasteiger partial charge on any atom is 0.292 e. The lowest BCUT2D eigenvalue weighted by molar-refractivity contribution is -0.384. The van der Waals surface area contributed by atoms with Crippen LogP contribution in [0.15, 0.2) is 48.5 Å². The number of nitro benzene ring substituents is 1. The van der Waals surface area contributed by atoms with E-state index in [1.807, 2.05) is 30.0 Å². The molecule has 1 aromatic heterocycles. The highest BCUT2D eigenvalue weighted by atomic mass is 35.5. The van der Waals surface area contributed by atoms with Crippen molar-refractivity contribution in [1.29, 1.82) is 0 Å². The first kappa shape index (κ1) is 17.5. The number of fused-ring (bicyclic) bond motifs is 1. The van der Waals surface area contributed by atoms with Crippen molar-refractivity contribution in [2.75, 3.05) is 36.0 Å². The van der Waals surface area contributed by atoms with Gasteiger partial charge >= 0.3 is 0 Å². The smallest absolute Gasteiger partial charge is 0.292 e. The molecule has 0 bridgehead atoms. The zero-order chi connectivity index (χ0) is 19.0. The van der Waals surface area contributed by atoms with Gasteiger partial charge in [-0.1, -0.05) is 29.8 Å². The zero-order valence-electron chi connectivity index (χ0n) is 14.9. The summed E-state index contributed by atoms with van der Waals surface area (Å²) in [4.78, 5) is 20.0. The third-order valence-electron chi connectivity index (χ3n) is 4.92. The third kappa shape index (κ3) is 3.40. The number of benzene rings is 2. The van der Waals surface area contributed by atoms with E-state index in [4.69, 9.17) is 11.6 Å². The Bertz CT molecular complexity index is 1020. The average molecular weight is 383 g/mol. The molecule has 6 nitrogen and oxygen atoms in total. The molecule has 0 atom stereocenters. The van der Waals surface area contributed by atoms with Crippen molar-refractivity contribution in [3.8, 4) is 0 Å². The van der Waals surface area contributed by atoms with Gasteiger partial charge in [0, 0.05) is 54.0 Å². The van der Waals surface area contributed by atoms with Gasteiger partial charge in [0.15, 0.2) is 0 Å². The molecule has 0 radical (unpaired) electrons. The van der Waals surface area contributed by atoms with E-state index in [0.717, 1.165) is 29.7 Å². The Morgan fingerprint density at radius 1 is 1.00 bits per heavy atom. The predicted molar refractivity (Wildman–Crippen MR) is 109 cm³/mol. The summed E-state index contributed by atoms with van der Waals surface area (Å²) in [5, 5.41) is 13.0. The number of nitrogens with zero attached hydrogens (tertiary/aromatic N) is 4. The normalized spacial score (nSPS) is 14.6. The molecule has 27 heavy (non-hydrogen) atoms. The lowest BCUT2D eigenvalue weighted by Gasteiger charge is -2.37. The predicted octanol–water partition coefficient (Wildman–Crippen LogP) is 4.43. The SMILES string of the molecule is Cc1cc(N2CCN(c3cc(Cl)ccc3[N+](=O)[O-])CC2)c2ccccc2n1. The summed E-state index contributed by atoms with van der Waals surface area (Å²) < 4.78 is 0. The van der Waals surface area contributed by atoms with E-state index in [-0.39, 0.29) is 10.6 Å². The van der Waals surface area contributed by atoms with Crippen LogP contribution in [0.5, 0.6) is 0 Å². The third-order valence-corrected chi connectivity index (χ3v) is 5.15. The number of anilines is 2. The molecule has 1 fully saturated rings. The fourth-order valence-corrected chi connectivity index (χ4v) is 3.81. The molecule has 0 aliphatic carbocycles. The molecule has 0 unspecified atom stereocenters. The minimum Gasteiger partial charge on any atom is -0.367 e. The number of aromatic nitrogens is 1. The minimum absolute atomic E-state index is 0.0954. The lowest BCUT2D eigenvalue weighted by Crippen LogP contribution is -2.46. The second kappa shape index (κ2) is 7.04. The van der Waals surface area contributed by atoms with Crippen LogP contribution in [0.2, 0.25) is 5.02 Å². The van der Waals surface area contributed by atoms with E-state index >= 15 is 0 Å². The number of halogens is 1. The first-order valence-corrected chi connectivity index (χ1v) is 9.21. The number of aryl methyl sites for hydroxylation is 1. The number of piperazine rings is 1. The quantitative estimate of drug-likeness (QED) is 0.495. The molecule has 2 heterocycles. The van der Waals surface area contributed by atoms with E-state index in [1.54, 1.807) is 12.1 Å². The van der Waals surface area contributed by atoms with E-state index < -0.39 is 0 Å². The zero-order valence-corrected chi connectivity index (χ0v) is 15.7. The van der Waals surface area contributed by atoms with Crippen LogP contribution in [-0.2, 0) is 0 Å². The minimum atomic E-state index is -0.349. The molecule has 138 valence electrons. The second-order valence-corrected chi connectivity index (χ2v) is 7.10. The van der Waals surface area contributed by atoms with Crippen LogP contribution < -0.4 is 9.80 Å². The number of pyridine rings is 1. The van der Waals surface area contributed by atoms with Crippen molar-refractivity contribution in [3.05, 3.63) is 69.4 Å². The Hall–Kier alpha value is -2.86. The Morgan fingerprint density at radius 3 is 2.37 bits per heavy atom. The van der Waals surface area contributed by atoms with Gasteiger partial charge < -0.3 is 9.80 Å². The highest BCUT2D eigenvalue weighted by Gasteiger charge is 2.25. The molecular formula is C20H19ClN4O2. The van der Waals surface area contributed by atoms with Crippen molar-refractivity contribution in [2.24, 2.45) is 0 Å². The number of hydrogen-bond acceptors (Lipinski definition) is 5. The fraction of sp³-hybridized carbons (Fsp3) is 0.250. The Labute approximate surface area is 162 Å². The number of rotatable bonds is 3. The van der Waals surface area contributed by atoms with Crippen LogP contribution in [0.4, 0.5) is 17.1 Å². The Balaban J connectivity index is 1.61. The summed E-state index contributed by atoms with van der Waals surface area (Å²) in [5.41, 5.74) is 3.82. The number of hydrogen-bond donors (Lipinski definition) is 0. The number of nitro groups is 1. The molecule has 1 saturated heterocycles. The van der Waals surface area contributed by atoms with Crippen LogP contribution >= 0.6 is 11.6 Å². The van der Waals surface area contributed by atoms with Gasteiger partial charge in [-0.05, 0) is 31.2 Å². The molecule has 0 N–H and O–H groups in total. The first-order chi connectivity index (χ1) is 13.0. The summed E-state index contributed by atoms with van der Waals surface area (Å²) in [6.07, 6.45) is 0. The van der Waals surface area contributed by atoms with Gasteiger partial charge in [-0.15, -0.1) is 0 Å². The molecule has 7 heteroatoms. The molecule has 2 aromatic carbocycles. The van der Waals surface area contributed by atoms with Gasteiger partial charge in [0.2, 0.25) is 0 Å². The van der Waals surface area contributed by atoms with E-state index in [0.29, 0.717) is 23.8 Å². The Kier molecular flexibility index (Phi) is 4.58. The molecular weight excluding hydrogens is 364 g/mol. The van der Waals surface area contributed by atoms with Crippen LogP contribution in [0, 0.1) is 17.0 Å². The van der Waals surface area contributed by atoms with Crippen molar-refractivity contribution < 1.29 is 4.92 Å². The topological polar surface area (TPSA) is 62.5 Å². The standard InChI is InChI=1S/C20H19ClN4O2/c1-14-12-19(16-4-2-3-5-17(16)22-14)23-8-10-24(11-9-23)20-13-15(21)6-7-18(20)25(26)27/h2-7,12-13H,8-11H2,1H3. The van der Waals surface area contributed by atoms with Crippen molar-refractivity contribution in [1.82, 2.24) is 4.98 Å². The average Bonchev–Trinajstić information content (AvgIpc) is 2.67. The first-order valence-electron chi connectivity index (χ1n) is 8.83. The molecule has 0 spiro atoms. The van der Waals surface area contributed by atoms with Crippen LogP contribution in [0.25, 0.3) is 10.9 Å². The summed E-state index contributed by atoms with van der Waals surface area (Å²) in [6, 6.07) is 15.0. The summed E-state index contributed by atoms with van der Waals surface area (Å²) >= 11 is 6.08. The summed E-state index contributed by atoms with van der Waals surface area (Å²) in [7, 11) is 0. The highest BCUT2D eigenvalue weighted by molar-refractivity contribution is 6.31. The molecule has 1 aliphatic heterocycles. The van der Waals surface area contributed by atoms with Gasteiger partial charge in [-0.2, -0.15) is 0 Å². The molecule has 0 amide bonds. The molecule has 0 saturated carbocycles. The van der Waals surface area contributed by atoms with Gasteiger partial charge in [0.1, 0.15) is 5.69 Å². The number of para-hydroxylation sites is 1. The second-order valence-electron chi connectivity index (χ2n) is 6.66. The maximum absolute atomic E-state index is 11.4. The largest absolute Gasteiger partial charge is 0.367 e. The van der Waals surface area contributed by atoms with Gasteiger partial charge in [0.25, 0.3) is 5.69 Å². The van der Waals surface area contributed by atoms with E-state index in [9.17, 15) is 10.1 Å². The van der Waals surface area contributed by atoms with Gasteiger partial charge in [0.05, 0.1) is 10.4 Å². The molecule has 3 aromatic rings. The van der Waals surface area contributed by atoms with Crippen molar-refractivity contribution in [3.63, 3.8) is 0 Å². The summed E-state index contributed by atoms with van der Waals surface area (Å²) in [6.45, 7) is 4.93. The Morgan fingerprint density at radius 2 is 1.67 bits per heavy atom. The van der Waals surface area contributed by atoms with Crippen molar-refractivity contribution in [2.45, 2.75) is 6.92 Å². The summed E-state index contributed by atoms with van der Waals surface area (Å²) in [5.74, 6) is 0. The van der Waals surface area contributed by atoms with Gasteiger partial charge in [-0.3, -0.25) is 15.1 Å². The van der Waals surface area contributed by atoms with E-state index in [1.165, 1.54) is 11.8 Å². The monoisotopic (exact) mass is 382 g/mol.